The van der Waals surface area contributed by atoms with Gasteiger partial charge in [0, 0.05) is 17.6 Å². The van der Waals surface area contributed by atoms with E-state index in [0.29, 0.717) is 22.0 Å². The Bertz CT molecular complexity index is 1160. The van der Waals surface area contributed by atoms with Crippen molar-refractivity contribution < 1.29 is 22.7 Å². The van der Waals surface area contributed by atoms with E-state index in [1.807, 2.05) is 19.9 Å². The lowest BCUT2D eigenvalue weighted by Gasteiger charge is -2.32. The van der Waals surface area contributed by atoms with Crippen molar-refractivity contribution in [3.8, 4) is 5.75 Å². The van der Waals surface area contributed by atoms with Crippen LogP contribution in [0, 0.1) is 6.92 Å². The zero-order valence-electron chi connectivity index (χ0n) is 21.0. The molecule has 2 amide bonds. The van der Waals surface area contributed by atoms with Crippen LogP contribution < -0.4 is 14.4 Å². The van der Waals surface area contributed by atoms with Crippen molar-refractivity contribution in [1.82, 2.24) is 10.2 Å². The minimum Gasteiger partial charge on any atom is -0.497 e. The van der Waals surface area contributed by atoms with E-state index in [9.17, 15) is 18.0 Å². The largest absolute Gasteiger partial charge is 0.497 e. The van der Waals surface area contributed by atoms with Crippen LogP contribution in [-0.2, 0) is 26.2 Å². The summed E-state index contributed by atoms with van der Waals surface area (Å²) in [6, 6.07) is 11.1. The summed E-state index contributed by atoms with van der Waals surface area (Å²) < 4.78 is 31.7. The molecule has 0 radical (unpaired) electrons. The standard InChI is InChI=1S/C25H34ClN3O5S/c1-7-17(2)27-25(31)19(4)28(15-20-10-8-11-21(14-20)34-5)24(30)16-29(35(6,32)33)23-13-9-12-22(26)18(23)3/h8-14,17,19H,7,15-16H2,1-6H3,(H,27,31)/t17-,19+/m1/s1. The third-order valence-electron chi connectivity index (χ3n) is 5.84. The smallest absolute Gasteiger partial charge is 0.244 e. The van der Waals surface area contributed by atoms with Crippen LogP contribution in [-0.4, -0.2) is 57.1 Å². The molecule has 0 unspecified atom stereocenters. The van der Waals surface area contributed by atoms with Gasteiger partial charge in [-0.25, -0.2) is 8.42 Å². The first-order valence-corrected chi connectivity index (χ1v) is 13.6. The van der Waals surface area contributed by atoms with Crippen molar-refractivity contribution in [2.24, 2.45) is 0 Å². The van der Waals surface area contributed by atoms with Gasteiger partial charge in [-0.1, -0.05) is 36.7 Å². The first kappa shape index (κ1) is 28.5. The fourth-order valence-corrected chi connectivity index (χ4v) is 4.55. The molecular weight excluding hydrogens is 490 g/mol. The van der Waals surface area contributed by atoms with Crippen molar-refractivity contribution in [3.05, 3.63) is 58.6 Å². The molecule has 1 N–H and O–H groups in total. The summed E-state index contributed by atoms with van der Waals surface area (Å²) in [6.45, 7) is 6.77. The number of carbonyl (C=O) groups is 2. The second kappa shape index (κ2) is 12.3. The molecule has 0 aliphatic carbocycles. The first-order valence-electron chi connectivity index (χ1n) is 11.3. The molecule has 10 heteroatoms. The van der Waals surface area contributed by atoms with E-state index in [2.05, 4.69) is 5.32 Å². The number of anilines is 1. The minimum absolute atomic E-state index is 0.0691. The average Bonchev–Trinajstić information content (AvgIpc) is 2.81. The lowest BCUT2D eigenvalue weighted by Crippen LogP contribution is -2.52. The number of methoxy groups -OCH3 is 1. The molecule has 2 atom stereocenters. The lowest BCUT2D eigenvalue weighted by molar-refractivity contribution is -0.139. The summed E-state index contributed by atoms with van der Waals surface area (Å²) in [5.74, 6) is -0.233. The van der Waals surface area contributed by atoms with E-state index in [0.717, 1.165) is 22.5 Å². The number of sulfonamides is 1. The van der Waals surface area contributed by atoms with E-state index >= 15 is 0 Å². The Kier molecular flexibility index (Phi) is 9.97. The summed E-state index contributed by atoms with van der Waals surface area (Å²) >= 11 is 6.22. The van der Waals surface area contributed by atoms with Crippen LogP contribution in [0.3, 0.4) is 0 Å². The van der Waals surface area contributed by atoms with Gasteiger partial charge in [-0.2, -0.15) is 0 Å². The average molecular weight is 524 g/mol. The summed E-state index contributed by atoms with van der Waals surface area (Å²) in [6.07, 6.45) is 1.77. The molecule has 8 nitrogen and oxygen atoms in total. The Morgan fingerprint density at radius 3 is 2.40 bits per heavy atom. The Hall–Kier alpha value is -2.78. The SMILES string of the molecule is CC[C@@H](C)NC(=O)[C@H](C)N(Cc1cccc(OC)c1)C(=O)CN(c1cccc(Cl)c1C)S(C)(=O)=O. The van der Waals surface area contributed by atoms with Gasteiger partial charge >= 0.3 is 0 Å². The van der Waals surface area contributed by atoms with Crippen LogP contribution in [0.4, 0.5) is 5.69 Å². The van der Waals surface area contributed by atoms with Crippen molar-refractivity contribution in [2.75, 3.05) is 24.2 Å². The van der Waals surface area contributed by atoms with Crippen molar-refractivity contribution in [3.63, 3.8) is 0 Å². The van der Waals surface area contributed by atoms with Crippen molar-refractivity contribution in [2.45, 2.75) is 52.7 Å². The van der Waals surface area contributed by atoms with E-state index in [4.69, 9.17) is 16.3 Å². The third-order valence-corrected chi connectivity index (χ3v) is 7.38. The zero-order chi connectivity index (χ0) is 26.3. The van der Waals surface area contributed by atoms with Crippen LogP contribution in [0.5, 0.6) is 5.75 Å². The molecule has 0 fully saturated rings. The van der Waals surface area contributed by atoms with Gasteiger partial charge < -0.3 is 15.0 Å². The number of nitrogens with zero attached hydrogens (tertiary/aromatic N) is 2. The lowest BCUT2D eigenvalue weighted by atomic mass is 10.1. The van der Waals surface area contributed by atoms with Gasteiger partial charge in [0.05, 0.1) is 19.1 Å². The van der Waals surface area contributed by atoms with Crippen molar-refractivity contribution >= 4 is 39.1 Å². The Balaban J connectivity index is 2.45. The molecule has 0 saturated heterocycles. The van der Waals surface area contributed by atoms with E-state index in [-0.39, 0.29) is 18.5 Å². The van der Waals surface area contributed by atoms with Gasteiger partial charge in [-0.15, -0.1) is 0 Å². The predicted molar refractivity (Wildman–Crippen MR) is 139 cm³/mol. The molecule has 0 spiro atoms. The van der Waals surface area contributed by atoms with Gasteiger partial charge in [0.15, 0.2) is 0 Å². The molecule has 0 bridgehead atoms. The number of benzene rings is 2. The number of hydrogen-bond donors (Lipinski definition) is 1. The number of hydrogen-bond acceptors (Lipinski definition) is 5. The van der Waals surface area contributed by atoms with Crippen molar-refractivity contribution in [1.29, 1.82) is 0 Å². The number of ether oxygens (including phenoxy) is 1. The molecule has 35 heavy (non-hydrogen) atoms. The predicted octanol–water partition coefficient (Wildman–Crippen LogP) is 3.76. The van der Waals surface area contributed by atoms with Crippen LogP contribution in [0.1, 0.15) is 38.3 Å². The summed E-state index contributed by atoms with van der Waals surface area (Å²) in [5.41, 5.74) is 1.59. The quantitative estimate of drug-likeness (QED) is 0.484. The van der Waals surface area contributed by atoms with Crippen LogP contribution >= 0.6 is 11.6 Å². The Morgan fingerprint density at radius 2 is 1.80 bits per heavy atom. The maximum Gasteiger partial charge on any atom is 0.244 e. The van der Waals surface area contributed by atoms with Crippen LogP contribution in [0.25, 0.3) is 0 Å². The van der Waals surface area contributed by atoms with E-state index in [1.54, 1.807) is 57.4 Å². The number of halogens is 1. The summed E-state index contributed by atoms with van der Waals surface area (Å²) in [7, 11) is -2.29. The van der Waals surface area contributed by atoms with Crippen LogP contribution in [0.15, 0.2) is 42.5 Å². The topological polar surface area (TPSA) is 96.0 Å². The molecule has 2 aromatic carbocycles. The molecule has 0 heterocycles. The van der Waals surface area contributed by atoms with E-state index in [1.165, 1.54) is 4.90 Å². The summed E-state index contributed by atoms with van der Waals surface area (Å²) in [5, 5.41) is 3.29. The summed E-state index contributed by atoms with van der Waals surface area (Å²) in [4.78, 5) is 27.9. The van der Waals surface area contributed by atoms with Gasteiger partial charge in [-0.05, 0) is 62.6 Å². The van der Waals surface area contributed by atoms with Gasteiger partial charge in [-0.3, -0.25) is 13.9 Å². The maximum absolute atomic E-state index is 13.6. The number of nitrogens with one attached hydrogen (secondary N) is 1. The minimum atomic E-state index is -3.83. The first-order chi connectivity index (χ1) is 16.4. The second-order valence-corrected chi connectivity index (χ2v) is 10.8. The normalized spacial score (nSPS) is 13.0. The highest BCUT2D eigenvalue weighted by Gasteiger charge is 2.31. The van der Waals surface area contributed by atoms with Gasteiger partial charge in [0.25, 0.3) is 0 Å². The molecule has 192 valence electrons. The second-order valence-electron chi connectivity index (χ2n) is 8.52. The monoisotopic (exact) mass is 523 g/mol. The number of amides is 2. The fourth-order valence-electron chi connectivity index (χ4n) is 3.48. The van der Waals surface area contributed by atoms with Gasteiger partial charge in [0.1, 0.15) is 18.3 Å². The molecular formula is C25H34ClN3O5S. The van der Waals surface area contributed by atoms with E-state index < -0.39 is 28.5 Å². The fraction of sp³-hybridized carbons (Fsp3) is 0.440. The molecule has 0 saturated carbocycles. The number of rotatable bonds is 11. The maximum atomic E-state index is 13.6. The Morgan fingerprint density at radius 1 is 1.14 bits per heavy atom. The molecule has 2 rings (SSSR count). The molecule has 0 aliphatic rings. The third kappa shape index (κ3) is 7.60. The highest BCUT2D eigenvalue weighted by atomic mass is 35.5. The Labute approximate surface area is 213 Å². The highest BCUT2D eigenvalue weighted by Crippen LogP contribution is 2.28. The molecule has 0 aromatic heterocycles. The highest BCUT2D eigenvalue weighted by molar-refractivity contribution is 7.92. The molecule has 2 aromatic rings. The number of carbonyl (C=O) groups excluding carboxylic acids is 2. The zero-order valence-corrected chi connectivity index (χ0v) is 22.6. The van der Waals surface area contributed by atoms with Gasteiger partial charge in [0.2, 0.25) is 21.8 Å². The van der Waals surface area contributed by atoms with Crippen LogP contribution in [0.2, 0.25) is 5.02 Å². The molecule has 0 aliphatic heterocycles.